The standard InChI is InChI=1S/C24H32F5N5O2/c1-14-11-33(21(35)36-22(3,4)5)15(2)10-32(14)19-18-17(24(27,28)29)12-34(20(18)31-13-30-19)16-7-6-8-23(25,26)9-16/h12-16H,6-11H2,1-5H3/t14-,15+,16+/m0/s1. The first-order chi connectivity index (χ1) is 16.6. The van der Waals surface area contributed by atoms with Gasteiger partial charge >= 0.3 is 12.3 Å². The molecule has 0 radical (unpaired) electrons. The van der Waals surface area contributed by atoms with Gasteiger partial charge in [0.1, 0.15) is 23.4 Å². The van der Waals surface area contributed by atoms with Gasteiger partial charge in [0.05, 0.1) is 10.9 Å². The van der Waals surface area contributed by atoms with Crippen molar-refractivity contribution in [1.82, 2.24) is 19.4 Å². The molecule has 7 nitrogen and oxygen atoms in total. The minimum atomic E-state index is -4.73. The normalized spacial score (nSPS) is 25.3. The minimum Gasteiger partial charge on any atom is -0.444 e. The maximum atomic E-state index is 14.2. The second-order valence-electron chi connectivity index (χ2n) is 10.9. The molecular formula is C24H32F5N5O2. The van der Waals surface area contributed by atoms with Crippen LogP contribution in [0.15, 0.2) is 12.5 Å². The number of carbonyl (C=O) groups is 1. The van der Waals surface area contributed by atoms with Crippen LogP contribution in [-0.4, -0.2) is 62.2 Å². The number of rotatable bonds is 2. The first kappa shape index (κ1) is 26.4. The molecule has 0 unspecified atom stereocenters. The summed E-state index contributed by atoms with van der Waals surface area (Å²) in [5.41, 5.74) is -1.64. The van der Waals surface area contributed by atoms with Crippen LogP contribution < -0.4 is 4.90 Å². The summed E-state index contributed by atoms with van der Waals surface area (Å²) >= 11 is 0. The Labute approximate surface area is 206 Å². The summed E-state index contributed by atoms with van der Waals surface area (Å²) in [6, 6.07) is -1.54. The topological polar surface area (TPSA) is 63.5 Å². The molecule has 1 aliphatic carbocycles. The van der Waals surface area contributed by atoms with E-state index in [1.165, 1.54) is 10.9 Å². The summed E-state index contributed by atoms with van der Waals surface area (Å²) in [5, 5.41) is -0.205. The van der Waals surface area contributed by atoms with E-state index in [0.717, 1.165) is 6.20 Å². The molecule has 3 atom stereocenters. The van der Waals surface area contributed by atoms with Crippen LogP contribution in [0.5, 0.6) is 0 Å². The van der Waals surface area contributed by atoms with Crippen LogP contribution >= 0.6 is 0 Å². The summed E-state index contributed by atoms with van der Waals surface area (Å²) in [6.45, 7) is 9.31. The fraction of sp³-hybridized carbons (Fsp3) is 0.708. The number of aromatic nitrogens is 3. The highest BCUT2D eigenvalue weighted by atomic mass is 19.4. The third kappa shape index (κ3) is 5.22. The summed E-state index contributed by atoms with van der Waals surface area (Å²) in [4.78, 5) is 24.3. The van der Waals surface area contributed by atoms with E-state index in [1.54, 1.807) is 44.4 Å². The van der Waals surface area contributed by atoms with Gasteiger partial charge in [-0.3, -0.25) is 0 Å². The van der Waals surface area contributed by atoms with Gasteiger partial charge < -0.3 is 19.1 Å². The highest BCUT2D eigenvalue weighted by molar-refractivity contribution is 5.92. The van der Waals surface area contributed by atoms with E-state index in [4.69, 9.17) is 4.74 Å². The van der Waals surface area contributed by atoms with Crippen molar-refractivity contribution in [2.75, 3.05) is 18.0 Å². The van der Waals surface area contributed by atoms with Crippen molar-refractivity contribution in [2.45, 2.75) is 96.1 Å². The van der Waals surface area contributed by atoms with Crippen molar-refractivity contribution in [1.29, 1.82) is 0 Å². The number of piperazine rings is 1. The molecule has 4 rings (SSSR count). The Balaban J connectivity index is 1.73. The van der Waals surface area contributed by atoms with E-state index >= 15 is 0 Å². The van der Waals surface area contributed by atoms with Crippen LogP contribution in [0.3, 0.4) is 0 Å². The lowest BCUT2D eigenvalue weighted by Crippen LogP contribution is -2.59. The van der Waals surface area contributed by atoms with Crippen molar-refractivity contribution < 1.29 is 31.5 Å². The molecular weight excluding hydrogens is 485 g/mol. The Kier molecular flexibility index (Phi) is 6.62. The number of nitrogens with zero attached hydrogens (tertiary/aromatic N) is 5. The molecule has 1 amide bonds. The molecule has 0 aromatic carbocycles. The summed E-state index contributed by atoms with van der Waals surface area (Å²) in [7, 11) is 0. The van der Waals surface area contributed by atoms with Crippen LogP contribution in [-0.2, 0) is 10.9 Å². The van der Waals surface area contributed by atoms with Crippen LogP contribution in [0.25, 0.3) is 11.0 Å². The first-order valence-corrected chi connectivity index (χ1v) is 12.1. The minimum absolute atomic E-state index is 0.00977. The number of fused-ring (bicyclic) bond motifs is 1. The molecule has 1 aliphatic heterocycles. The molecule has 0 N–H and O–H groups in total. The Bertz CT molecular complexity index is 1130. The highest BCUT2D eigenvalue weighted by Crippen LogP contribution is 2.45. The Morgan fingerprint density at radius 1 is 1.11 bits per heavy atom. The number of hydrogen-bond donors (Lipinski definition) is 0. The highest BCUT2D eigenvalue weighted by Gasteiger charge is 2.43. The molecule has 200 valence electrons. The Morgan fingerprint density at radius 2 is 1.81 bits per heavy atom. The van der Waals surface area contributed by atoms with Gasteiger partial charge in [0.2, 0.25) is 5.92 Å². The monoisotopic (exact) mass is 517 g/mol. The number of carbonyl (C=O) groups excluding carboxylic acids is 1. The lowest BCUT2D eigenvalue weighted by Gasteiger charge is -2.44. The van der Waals surface area contributed by atoms with Gasteiger partial charge in [-0.25, -0.2) is 23.5 Å². The average molecular weight is 518 g/mol. The molecule has 0 bridgehead atoms. The zero-order valence-electron chi connectivity index (χ0n) is 21.1. The maximum absolute atomic E-state index is 14.2. The number of ether oxygens (including phenoxy) is 1. The maximum Gasteiger partial charge on any atom is 0.418 e. The van der Waals surface area contributed by atoms with E-state index in [2.05, 4.69) is 9.97 Å². The molecule has 1 saturated heterocycles. The fourth-order valence-corrected chi connectivity index (χ4v) is 5.16. The van der Waals surface area contributed by atoms with E-state index in [1.807, 2.05) is 0 Å². The van der Waals surface area contributed by atoms with Crippen molar-refractivity contribution in [3.63, 3.8) is 0 Å². The zero-order valence-corrected chi connectivity index (χ0v) is 21.1. The van der Waals surface area contributed by atoms with Gasteiger partial charge in [0.15, 0.2) is 0 Å². The summed E-state index contributed by atoms with van der Waals surface area (Å²) < 4.78 is 77.6. The van der Waals surface area contributed by atoms with Gasteiger partial charge in [0, 0.05) is 50.3 Å². The van der Waals surface area contributed by atoms with E-state index < -0.39 is 41.8 Å². The fourth-order valence-electron chi connectivity index (χ4n) is 5.16. The summed E-state index contributed by atoms with van der Waals surface area (Å²) in [5.74, 6) is -2.85. The van der Waals surface area contributed by atoms with E-state index in [9.17, 15) is 26.7 Å². The zero-order chi connectivity index (χ0) is 26.6. The van der Waals surface area contributed by atoms with Gasteiger partial charge in [-0.05, 0) is 47.5 Å². The third-order valence-corrected chi connectivity index (χ3v) is 6.79. The number of alkyl halides is 5. The van der Waals surface area contributed by atoms with E-state index in [-0.39, 0.29) is 54.9 Å². The van der Waals surface area contributed by atoms with Crippen LogP contribution in [0.4, 0.5) is 32.6 Å². The number of hydrogen-bond acceptors (Lipinski definition) is 5. The predicted octanol–water partition coefficient (Wildman–Crippen LogP) is 6.03. The Morgan fingerprint density at radius 3 is 2.42 bits per heavy atom. The second-order valence-corrected chi connectivity index (χ2v) is 10.9. The van der Waals surface area contributed by atoms with Crippen molar-refractivity contribution in [2.24, 2.45) is 0 Å². The third-order valence-electron chi connectivity index (χ3n) is 6.79. The smallest absolute Gasteiger partial charge is 0.418 e. The van der Waals surface area contributed by atoms with Crippen LogP contribution in [0.2, 0.25) is 0 Å². The lowest BCUT2D eigenvalue weighted by molar-refractivity contribution is -0.136. The molecule has 0 spiro atoms. The molecule has 36 heavy (non-hydrogen) atoms. The molecule has 12 heteroatoms. The molecule has 2 fully saturated rings. The van der Waals surface area contributed by atoms with Gasteiger partial charge in [0.25, 0.3) is 0 Å². The molecule has 2 aromatic rings. The van der Waals surface area contributed by atoms with Crippen molar-refractivity contribution >= 4 is 22.9 Å². The quantitative estimate of drug-likeness (QED) is 0.455. The average Bonchev–Trinajstić information content (AvgIpc) is 3.13. The van der Waals surface area contributed by atoms with Crippen molar-refractivity contribution in [3.8, 4) is 0 Å². The van der Waals surface area contributed by atoms with E-state index in [0.29, 0.717) is 6.42 Å². The summed E-state index contributed by atoms with van der Waals surface area (Å²) in [6.07, 6.45) is -3.38. The number of halogens is 5. The number of amides is 1. The van der Waals surface area contributed by atoms with Gasteiger partial charge in [-0.1, -0.05) is 0 Å². The first-order valence-electron chi connectivity index (χ1n) is 12.1. The SMILES string of the molecule is C[C@@H]1CN(c2ncnc3c2c(C(F)(F)F)cn3[C@@H]2CCCC(F)(F)C2)[C@@H](C)CN1C(=O)OC(C)(C)C. The molecule has 2 aliphatic rings. The van der Waals surface area contributed by atoms with Gasteiger partial charge in [-0.2, -0.15) is 13.2 Å². The lowest BCUT2D eigenvalue weighted by atomic mass is 9.92. The molecule has 1 saturated carbocycles. The number of anilines is 1. The van der Waals surface area contributed by atoms with Crippen molar-refractivity contribution in [3.05, 3.63) is 18.1 Å². The van der Waals surface area contributed by atoms with Crippen LogP contribution in [0.1, 0.15) is 71.9 Å². The molecule has 2 aromatic heterocycles. The largest absolute Gasteiger partial charge is 0.444 e. The predicted molar refractivity (Wildman–Crippen MR) is 124 cm³/mol. The Hall–Kier alpha value is -2.66. The molecule has 3 heterocycles. The van der Waals surface area contributed by atoms with Crippen LogP contribution in [0, 0.1) is 0 Å². The second kappa shape index (κ2) is 9.02. The van der Waals surface area contributed by atoms with Gasteiger partial charge in [-0.15, -0.1) is 0 Å².